The van der Waals surface area contributed by atoms with Crippen molar-refractivity contribution in [3.05, 3.63) is 70.4 Å². The quantitative estimate of drug-likeness (QED) is 0.286. The third-order valence-electron chi connectivity index (χ3n) is 6.61. The van der Waals surface area contributed by atoms with E-state index in [-0.39, 0.29) is 24.3 Å². The van der Waals surface area contributed by atoms with Crippen LogP contribution in [0, 0.1) is 30.4 Å². The van der Waals surface area contributed by atoms with Crippen molar-refractivity contribution in [1.82, 2.24) is 15.1 Å². The summed E-state index contributed by atoms with van der Waals surface area (Å²) in [6, 6.07) is 9.56. The Balaban J connectivity index is 1.53. The standard InChI is InChI=1S/C27H28ClN5O3/c1-3-16-32-23(13-15-29-32)26(34)31-25(20-7-5-4-6-8-20)27(35)30-21-11-9-19(10-12-21)24-18(2)33(36)17-14-22(24)28/h1,9-15,17,20,25H,4-8,16H2,2H3,(H,30,35)(H,31,34)/t25-/m0/s1. The molecule has 1 aliphatic carbocycles. The van der Waals surface area contributed by atoms with E-state index in [0.29, 0.717) is 27.7 Å². The number of amides is 2. The molecule has 0 saturated heterocycles. The first-order valence-electron chi connectivity index (χ1n) is 11.9. The first-order chi connectivity index (χ1) is 17.4. The van der Waals surface area contributed by atoms with Crippen molar-refractivity contribution >= 4 is 29.1 Å². The van der Waals surface area contributed by atoms with Gasteiger partial charge in [-0.15, -0.1) is 6.42 Å². The predicted octanol–water partition coefficient (Wildman–Crippen LogP) is 4.10. The molecule has 2 aromatic heterocycles. The van der Waals surface area contributed by atoms with Gasteiger partial charge >= 0.3 is 0 Å². The van der Waals surface area contributed by atoms with Crippen molar-refractivity contribution < 1.29 is 14.3 Å². The number of nitrogens with one attached hydrogen (secondary N) is 2. The fourth-order valence-electron chi connectivity index (χ4n) is 4.72. The first kappa shape index (κ1) is 25.3. The number of halogens is 1. The van der Waals surface area contributed by atoms with E-state index in [2.05, 4.69) is 21.7 Å². The minimum Gasteiger partial charge on any atom is -0.618 e. The van der Waals surface area contributed by atoms with Crippen LogP contribution in [-0.2, 0) is 11.3 Å². The Morgan fingerprint density at radius 2 is 1.94 bits per heavy atom. The SMILES string of the molecule is C#CCn1nccc1C(=O)N[C@H](C(=O)Nc1ccc(-c2c(Cl)cc[n+]([O-])c2C)cc1)C1CCCCC1. The van der Waals surface area contributed by atoms with E-state index in [9.17, 15) is 14.8 Å². The van der Waals surface area contributed by atoms with Gasteiger partial charge in [0.25, 0.3) is 5.91 Å². The monoisotopic (exact) mass is 505 g/mol. The van der Waals surface area contributed by atoms with Crippen LogP contribution in [0.3, 0.4) is 0 Å². The van der Waals surface area contributed by atoms with Crippen LogP contribution in [0.25, 0.3) is 11.1 Å². The van der Waals surface area contributed by atoms with Gasteiger partial charge in [0.1, 0.15) is 18.3 Å². The van der Waals surface area contributed by atoms with E-state index < -0.39 is 6.04 Å². The van der Waals surface area contributed by atoms with Gasteiger partial charge in [0, 0.05) is 24.9 Å². The van der Waals surface area contributed by atoms with Crippen LogP contribution in [0.4, 0.5) is 5.69 Å². The van der Waals surface area contributed by atoms with Crippen molar-refractivity contribution in [3.63, 3.8) is 0 Å². The second kappa shape index (κ2) is 11.3. The lowest BCUT2D eigenvalue weighted by atomic mass is 9.83. The molecule has 2 amide bonds. The van der Waals surface area contributed by atoms with Crippen LogP contribution >= 0.6 is 11.6 Å². The largest absolute Gasteiger partial charge is 0.618 e. The number of hydrogen-bond donors (Lipinski definition) is 2. The smallest absolute Gasteiger partial charge is 0.270 e. The minimum atomic E-state index is -0.697. The highest BCUT2D eigenvalue weighted by molar-refractivity contribution is 6.33. The summed E-state index contributed by atoms with van der Waals surface area (Å²) in [6.07, 6.45) is 13.2. The Kier molecular flexibility index (Phi) is 7.91. The molecular weight excluding hydrogens is 478 g/mol. The van der Waals surface area contributed by atoms with Crippen molar-refractivity contribution in [2.24, 2.45) is 5.92 Å². The molecule has 1 atom stereocenters. The Hall–Kier alpha value is -3.83. The normalized spacial score (nSPS) is 14.6. The lowest BCUT2D eigenvalue weighted by Gasteiger charge is -2.30. The molecule has 1 aromatic carbocycles. The average molecular weight is 506 g/mol. The van der Waals surface area contributed by atoms with Crippen molar-refractivity contribution in [2.45, 2.75) is 51.6 Å². The average Bonchev–Trinajstić information content (AvgIpc) is 3.35. The molecule has 1 fully saturated rings. The highest BCUT2D eigenvalue weighted by Crippen LogP contribution is 2.31. The van der Waals surface area contributed by atoms with Gasteiger partial charge < -0.3 is 15.8 Å². The van der Waals surface area contributed by atoms with Gasteiger partial charge in [0.15, 0.2) is 11.9 Å². The number of benzene rings is 1. The Bertz CT molecular complexity index is 1290. The summed E-state index contributed by atoms with van der Waals surface area (Å²) in [6.45, 7) is 1.87. The summed E-state index contributed by atoms with van der Waals surface area (Å²) in [7, 11) is 0. The molecule has 0 bridgehead atoms. The maximum Gasteiger partial charge on any atom is 0.270 e. The number of nitrogens with zero attached hydrogens (tertiary/aromatic N) is 3. The number of hydrogen-bond acceptors (Lipinski definition) is 4. The molecule has 8 nitrogen and oxygen atoms in total. The molecule has 2 heterocycles. The number of terminal acetylenes is 1. The molecule has 0 unspecified atom stereocenters. The van der Waals surface area contributed by atoms with Crippen molar-refractivity contribution in [3.8, 4) is 23.5 Å². The lowest BCUT2D eigenvalue weighted by Crippen LogP contribution is -2.49. The molecule has 4 rings (SSSR count). The van der Waals surface area contributed by atoms with Crippen molar-refractivity contribution in [2.75, 3.05) is 5.32 Å². The second-order valence-electron chi connectivity index (χ2n) is 8.94. The zero-order valence-electron chi connectivity index (χ0n) is 20.0. The molecule has 186 valence electrons. The maximum absolute atomic E-state index is 13.4. The summed E-state index contributed by atoms with van der Waals surface area (Å²) in [5, 5.41) is 22.4. The Morgan fingerprint density at radius 3 is 2.64 bits per heavy atom. The van der Waals surface area contributed by atoms with Crippen molar-refractivity contribution in [1.29, 1.82) is 0 Å². The fraction of sp³-hybridized carbons (Fsp3) is 0.333. The van der Waals surface area contributed by atoms with E-state index in [1.165, 1.54) is 17.1 Å². The number of carbonyl (C=O) groups is 2. The molecule has 3 aromatic rings. The van der Waals surface area contributed by atoms with E-state index >= 15 is 0 Å². The van der Waals surface area contributed by atoms with Gasteiger partial charge in [-0.1, -0.05) is 48.9 Å². The van der Waals surface area contributed by atoms with Crippen LogP contribution in [0.2, 0.25) is 5.02 Å². The highest BCUT2D eigenvalue weighted by Gasteiger charge is 2.32. The summed E-state index contributed by atoms with van der Waals surface area (Å²) in [5.41, 5.74) is 2.79. The molecule has 1 saturated carbocycles. The van der Waals surface area contributed by atoms with Gasteiger partial charge in [-0.05, 0) is 42.5 Å². The summed E-state index contributed by atoms with van der Waals surface area (Å²) < 4.78 is 2.20. The van der Waals surface area contributed by atoms with Crippen LogP contribution in [0.5, 0.6) is 0 Å². The van der Waals surface area contributed by atoms with E-state index in [4.69, 9.17) is 18.0 Å². The van der Waals surface area contributed by atoms with Crippen LogP contribution in [0.15, 0.2) is 48.8 Å². The van der Waals surface area contributed by atoms with Gasteiger partial charge in [-0.3, -0.25) is 9.59 Å². The third kappa shape index (κ3) is 5.52. The number of anilines is 1. The topological polar surface area (TPSA) is 103 Å². The first-order valence-corrected chi connectivity index (χ1v) is 12.3. The number of carbonyl (C=O) groups excluding carboxylic acids is 2. The fourth-order valence-corrected chi connectivity index (χ4v) is 5.02. The second-order valence-corrected chi connectivity index (χ2v) is 9.35. The number of rotatable bonds is 7. The van der Waals surface area contributed by atoms with Crippen LogP contribution in [-0.4, -0.2) is 27.6 Å². The summed E-state index contributed by atoms with van der Waals surface area (Å²) in [5.74, 6) is 1.84. The van der Waals surface area contributed by atoms with Gasteiger partial charge in [0.05, 0.1) is 10.6 Å². The third-order valence-corrected chi connectivity index (χ3v) is 6.92. The number of pyridine rings is 1. The van der Waals surface area contributed by atoms with Crippen LogP contribution < -0.4 is 15.4 Å². The molecule has 36 heavy (non-hydrogen) atoms. The molecule has 0 spiro atoms. The van der Waals surface area contributed by atoms with Gasteiger partial charge in [-0.25, -0.2) is 4.68 Å². The Labute approximate surface area is 215 Å². The molecule has 1 aliphatic rings. The number of aromatic nitrogens is 3. The Morgan fingerprint density at radius 1 is 1.22 bits per heavy atom. The molecule has 0 radical (unpaired) electrons. The van der Waals surface area contributed by atoms with Gasteiger partial charge in [0.2, 0.25) is 5.91 Å². The maximum atomic E-state index is 13.4. The predicted molar refractivity (Wildman–Crippen MR) is 138 cm³/mol. The van der Waals surface area contributed by atoms with E-state index in [1.807, 2.05) is 0 Å². The minimum absolute atomic E-state index is 0.0317. The zero-order valence-corrected chi connectivity index (χ0v) is 20.8. The van der Waals surface area contributed by atoms with E-state index in [1.54, 1.807) is 43.3 Å². The highest BCUT2D eigenvalue weighted by atomic mass is 35.5. The zero-order chi connectivity index (χ0) is 25.7. The molecule has 2 N–H and O–H groups in total. The van der Waals surface area contributed by atoms with Gasteiger partial charge in [-0.2, -0.15) is 9.83 Å². The molecular formula is C27H28ClN5O3. The molecule has 0 aliphatic heterocycles. The lowest BCUT2D eigenvalue weighted by molar-refractivity contribution is -0.611. The van der Waals surface area contributed by atoms with Crippen LogP contribution in [0.1, 0.15) is 48.3 Å². The summed E-state index contributed by atoms with van der Waals surface area (Å²) in [4.78, 5) is 26.4. The summed E-state index contributed by atoms with van der Waals surface area (Å²) >= 11 is 6.33. The van der Waals surface area contributed by atoms with E-state index in [0.717, 1.165) is 42.4 Å². The molecule has 9 heteroatoms.